The van der Waals surface area contributed by atoms with Crippen molar-refractivity contribution in [1.82, 2.24) is 0 Å². The number of anilines is 2. The van der Waals surface area contributed by atoms with Crippen molar-refractivity contribution in [2.24, 2.45) is 0 Å². The lowest BCUT2D eigenvalue weighted by Crippen LogP contribution is -2.14. The molecule has 2 rings (SSSR count). The molecular formula is C17H19N2O3S-. The van der Waals surface area contributed by atoms with Crippen molar-refractivity contribution in [1.29, 1.82) is 0 Å². The predicted molar refractivity (Wildman–Crippen MR) is 92.1 cm³/mol. The van der Waals surface area contributed by atoms with Gasteiger partial charge >= 0.3 is 0 Å². The number of carbonyl (C=O) groups is 1. The van der Waals surface area contributed by atoms with Gasteiger partial charge in [0.15, 0.2) is 0 Å². The third kappa shape index (κ3) is 4.91. The lowest BCUT2D eigenvalue weighted by Gasteiger charge is -2.19. The van der Waals surface area contributed by atoms with Gasteiger partial charge < -0.3 is 14.6 Å². The monoisotopic (exact) mass is 331 g/mol. The van der Waals surface area contributed by atoms with Crippen LogP contribution in [0.15, 0.2) is 48.5 Å². The van der Waals surface area contributed by atoms with Gasteiger partial charge in [0.2, 0.25) is 0 Å². The molecule has 0 fully saturated rings. The number of nitrogens with one attached hydrogen (secondary N) is 2. The summed E-state index contributed by atoms with van der Waals surface area (Å²) in [6, 6.07) is 14.0. The average Bonchev–Trinajstić information content (AvgIpc) is 2.46. The van der Waals surface area contributed by atoms with Gasteiger partial charge in [-0.05, 0) is 41.3 Å². The number of hydrogen-bond donors (Lipinski definition) is 2. The van der Waals surface area contributed by atoms with Crippen LogP contribution in [0.25, 0.3) is 0 Å². The molecule has 0 aliphatic carbocycles. The smallest absolute Gasteiger partial charge is 0.255 e. The molecule has 6 heteroatoms. The summed E-state index contributed by atoms with van der Waals surface area (Å²) in [5.74, 6) is -0.297. The van der Waals surface area contributed by atoms with E-state index < -0.39 is 11.3 Å². The lowest BCUT2D eigenvalue weighted by atomic mass is 9.87. The van der Waals surface area contributed by atoms with Gasteiger partial charge in [-0.3, -0.25) is 9.00 Å². The molecule has 0 bridgehead atoms. The Balaban J connectivity index is 2.11. The fourth-order valence-electron chi connectivity index (χ4n) is 2.08. The van der Waals surface area contributed by atoms with Crippen LogP contribution < -0.4 is 10.0 Å². The molecule has 122 valence electrons. The van der Waals surface area contributed by atoms with Crippen LogP contribution >= 0.6 is 0 Å². The van der Waals surface area contributed by atoms with Gasteiger partial charge in [-0.15, -0.1) is 0 Å². The SMILES string of the molecule is CC(C)(C)c1ccc(NC(=O)c2cccc(NS(=O)[O-])c2)cc1. The van der Waals surface area contributed by atoms with Gasteiger partial charge in [-0.1, -0.05) is 39.0 Å². The van der Waals surface area contributed by atoms with Gasteiger partial charge in [0, 0.05) is 28.2 Å². The van der Waals surface area contributed by atoms with Gasteiger partial charge in [-0.25, -0.2) is 0 Å². The van der Waals surface area contributed by atoms with Gasteiger partial charge in [0.05, 0.1) is 0 Å². The van der Waals surface area contributed by atoms with E-state index in [1.165, 1.54) is 11.6 Å². The third-order valence-electron chi connectivity index (χ3n) is 3.33. The minimum absolute atomic E-state index is 0.0521. The molecule has 0 spiro atoms. The predicted octanol–water partition coefficient (Wildman–Crippen LogP) is 3.44. The van der Waals surface area contributed by atoms with E-state index in [0.717, 1.165) is 0 Å². The Kier molecular flexibility index (Phi) is 5.18. The fourth-order valence-corrected chi connectivity index (χ4v) is 2.40. The third-order valence-corrected chi connectivity index (χ3v) is 3.74. The van der Waals surface area contributed by atoms with Crippen LogP contribution in [0.3, 0.4) is 0 Å². The Bertz CT molecular complexity index is 721. The van der Waals surface area contributed by atoms with Crippen LogP contribution in [0.5, 0.6) is 0 Å². The van der Waals surface area contributed by atoms with Crippen molar-refractivity contribution in [2.75, 3.05) is 10.0 Å². The molecule has 1 amide bonds. The van der Waals surface area contributed by atoms with Crippen LogP contribution in [0.4, 0.5) is 11.4 Å². The summed E-state index contributed by atoms with van der Waals surface area (Å²) in [5, 5.41) is 2.80. The maximum absolute atomic E-state index is 12.2. The molecule has 23 heavy (non-hydrogen) atoms. The zero-order valence-electron chi connectivity index (χ0n) is 13.3. The zero-order chi connectivity index (χ0) is 17.0. The number of amides is 1. The lowest BCUT2D eigenvalue weighted by molar-refractivity contribution is 0.102. The van der Waals surface area contributed by atoms with Crippen LogP contribution in [-0.4, -0.2) is 14.7 Å². The van der Waals surface area contributed by atoms with Crippen LogP contribution in [0, 0.1) is 0 Å². The Hall–Kier alpha value is -2.18. The molecule has 0 heterocycles. The topological polar surface area (TPSA) is 81.3 Å². The summed E-state index contributed by atoms with van der Waals surface area (Å²) in [7, 11) is 0. The van der Waals surface area contributed by atoms with Gasteiger partial charge in [0.1, 0.15) is 0 Å². The van der Waals surface area contributed by atoms with E-state index in [9.17, 15) is 13.6 Å². The Labute approximate surface area is 138 Å². The van der Waals surface area contributed by atoms with E-state index >= 15 is 0 Å². The number of hydrogen-bond acceptors (Lipinski definition) is 3. The minimum atomic E-state index is -2.42. The first kappa shape index (κ1) is 17.2. The molecule has 0 saturated heterocycles. The molecule has 0 saturated carbocycles. The fraction of sp³-hybridized carbons (Fsp3) is 0.235. The molecule has 0 aromatic heterocycles. The van der Waals surface area contributed by atoms with Crippen molar-refractivity contribution >= 4 is 28.5 Å². The summed E-state index contributed by atoms with van der Waals surface area (Å²) >= 11 is -2.42. The zero-order valence-corrected chi connectivity index (χ0v) is 14.1. The molecule has 2 aromatic rings. The summed E-state index contributed by atoms with van der Waals surface area (Å²) in [4.78, 5) is 12.2. The molecule has 0 aliphatic rings. The van der Waals surface area contributed by atoms with Crippen LogP contribution in [0.2, 0.25) is 0 Å². The minimum Gasteiger partial charge on any atom is -0.755 e. The van der Waals surface area contributed by atoms with E-state index in [-0.39, 0.29) is 11.3 Å². The molecule has 0 aliphatic heterocycles. The second kappa shape index (κ2) is 6.93. The average molecular weight is 331 g/mol. The van der Waals surface area contributed by atoms with Crippen molar-refractivity contribution in [2.45, 2.75) is 26.2 Å². The Morgan fingerprint density at radius 3 is 2.26 bits per heavy atom. The standard InChI is InChI=1S/C17H20N2O3S/c1-17(2,3)13-7-9-14(10-8-13)18-16(20)12-5-4-6-15(11-12)19-23(21)22/h4-11,19H,1-3H3,(H,18,20)(H,21,22)/p-1. The van der Waals surface area contributed by atoms with E-state index in [1.807, 2.05) is 24.3 Å². The molecule has 1 unspecified atom stereocenters. The van der Waals surface area contributed by atoms with Crippen molar-refractivity contribution < 1.29 is 13.6 Å². The molecule has 5 nitrogen and oxygen atoms in total. The second-order valence-electron chi connectivity index (χ2n) is 6.20. The number of carbonyl (C=O) groups excluding carboxylic acids is 1. The summed E-state index contributed by atoms with van der Waals surface area (Å²) in [6.45, 7) is 6.37. The summed E-state index contributed by atoms with van der Waals surface area (Å²) < 4.78 is 23.5. The molecule has 1 atom stereocenters. The van der Waals surface area contributed by atoms with Crippen molar-refractivity contribution in [3.63, 3.8) is 0 Å². The first-order chi connectivity index (χ1) is 10.8. The maximum atomic E-state index is 12.2. The van der Waals surface area contributed by atoms with Gasteiger partial charge in [0.25, 0.3) is 5.91 Å². The van der Waals surface area contributed by atoms with E-state index in [2.05, 4.69) is 30.8 Å². The van der Waals surface area contributed by atoms with Gasteiger partial charge in [-0.2, -0.15) is 0 Å². The van der Waals surface area contributed by atoms with Crippen molar-refractivity contribution in [3.8, 4) is 0 Å². The quantitative estimate of drug-likeness (QED) is 0.842. The van der Waals surface area contributed by atoms with Crippen molar-refractivity contribution in [3.05, 3.63) is 59.7 Å². The highest BCUT2D eigenvalue weighted by molar-refractivity contribution is 7.80. The molecule has 0 radical (unpaired) electrons. The van der Waals surface area contributed by atoms with Crippen LogP contribution in [0.1, 0.15) is 36.7 Å². The first-order valence-corrected chi connectivity index (χ1v) is 8.21. The Morgan fingerprint density at radius 1 is 1.04 bits per heavy atom. The van der Waals surface area contributed by atoms with E-state index in [0.29, 0.717) is 16.9 Å². The first-order valence-electron chi connectivity index (χ1n) is 7.13. The second-order valence-corrected chi connectivity index (χ2v) is 6.87. The molecule has 2 aromatic carbocycles. The highest BCUT2D eigenvalue weighted by Crippen LogP contribution is 2.23. The molecule has 2 N–H and O–H groups in total. The van der Waals surface area contributed by atoms with Crippen LogP contribution in [-0.2, 0) is 16.7 Å². The normalized spacial score (nSPS) is 12.5. The van der Waals surface area contributed by atoms with E-state index in [1.54, 1.807) is 18.2 Å². The summed E-state index contributed by atoms with van der Waals surface area (Å²) in [5.41, 5.74) is 2.64. The van der Waals surface area contributed by atoms with E-state index in [4.69, 9.17) is 0 Å². The Morgan fingerprint density at radius 2 is 1.70 bits per heavy atom. The number of rotatable bonds is 4. The maximum Gasteiger partial charge on any atom is 0.255 e. The highest BCUT2D eigenvalue weighted by Gasteiger charge is 2.13. The summed E-state index contributed by atoms with van der Waals surface area (Å²) in [6.07, 6.45) is 0. The molecular weight excluding hydrogens is 312 g/mol. The highest BCUT2D eigenvalue weighted by atomic mass is 32.2. The number of benzene rings is 2. The largest absolute Gasteiger partial charge is 0.755 e.